The number of hydrogen-bond donors (Lipinski definition) is 2. The SMILES string of the molecule is Cc1nn(-c2ccc(F)cc2)c(C)c1/C=C1\C(=O)Nc2ccc(S(N)(=O)=O)cc21. The predicted molar refractivity (Wildman–Crippen MR) is 107 cm³/mol. The highest BCUT2D eigenvalue weighted by atomic mass is 32.2. The van der Waals surface area contributed by atoms with Gasteiger partial charge < -0.3 is 5.32 Å². The molecule has 0 saturated heterocycles. The third kappa shape index (κ3) is 3.34. The van der Waals surface area contributed by atoms with Crippen LogP contribution in [0.25, 0.3) is 17.3 Å². The van der Waals surface area contributed by atoms with Gasteiger partial charge in [-0.2, -0.15) is 5.10 Å². The quantitative estimate of drug-likeness (QED) is 0.645. The normalized spacial score (nSPS) is 14.9. The molecule has 0 radical (unpaired) electrons. The summed E-state index contributed by atoms with van der Waals surface area (Å²) in [7, 11) is -3.90. The van der Waals surface area contributed by atoms with Gasteiger partial charge in [0.15, 0.2) is 0 Å². The van der Waals surface area contributed by atoms with Crippen molar-refractivity contribution in [1.82, 2.24) is 9.78 Å². The fourth-order valence-corrected chi connectivity index (χ4v) is 3.87. The Morgan fingerprint density at radius 3 is 2.48 bits per heavy atom. The third-order valence-corrected chi connectivity index (χ3v) is 5.72. The van der Waals surface area contributed by atoms with Crippen LogP contribution < -0.4 is 10.5 Å². The topological polar surface area (TPSA) is 107 Å². The number of sulfonamides is 1. The molecule has 3 aromatic rings. The minimum atomic E-state index is -3.90. The maximum atomic E-state index is 13.2. The number of fused-ring (bicyclic) bond motifs is 1. The first-order valence-electron chi connectivity index (χ1n) is 8.67. The Kier molecular flexibility index (Phi) is 4.36. The van der Waals surface area contributed by atoms with Crippen molar-refractivity contribution < 1.29 is 17.6 Å². The van der Waals surface area contributed by atoms with Gasteiger partial charge in [-0.3, -0.25) is 4.79 Å². The van der Waals surface area contributed by atoms with Crippen LogP contribution in [0.15, 0.2) is 47.4 Å². The van der Waals surface area contributed by atoms with E-state index in [2.05, 4.69) is 10.4 Å². The van der Waals surface area contributed by atoms with Crippen LogP contribution >= 0.6 is 0 Å². The maximum Gasteiger partial charge on any atom is 0.256 e. The van der Waals surface area contributed by atoms with Crippen LogP contribution in [0.1, 0.15) is 22.5 Å². The van der Waals surface area contributed by atoms with Gasteiger partial charge in [0.1, 0.15) is 5.82 Å². The number of nitrogens with two attached hydrogens (primary N) is 1. The van der Waals surface area contributed by atoms with E-state index in [1.165, 1.54) is 30.3 Å². The van der Waals surface area contributed by atoms with E-state index in [0.29, 0.717) is 33.8 Å². The average molecular weight is 412 g/mol. The molecule has 2 aromatic carbocycles. The molecule has 2 heterocycles. The summed E-state index contributed by atoms with van der Waals surface area (Å²) in [5, 5.41) is 12.4. The van der Waals surface area contributed by atoms with Crippen LogP contribution in [0.5, 0.6) is 0 Å². The van der Waals surface area contributed by atoms with Gasteiger partial charge in [-0.25, -0.2) is 22.6 Å². The number of anilines is 1. The molecule has 0 aliphatic carbocycles. The second-order valence-electron chi connectivity index (χ2n) is 6.74. The first kappa shape index (κ1) is 19.0. The maximum absolute atomic E-state index is 13.2. The van der Waals surface area contributed by atoms with Gasteiger partial charge in [0.2, 0.25) is 10.0 Å². The summed E-state index contributed by atoms with van der Waals surface area (Å²) in [5.74, 6) is -0.692. The zero-order chi connectivity index (χ0) is 20.9. The number of primary sulfonamides is 1. The first-order chi connectivity index (χ1) is 13.6. The zero-order valence-corrected chi connectivity index (χ0v) is 16.4. The Bertz CT molecular complexity index is 1290. The molecule has 1 amide bonds. The third-order valence-electron chi connectivity index (χ3n) is 4.81. The van der Waals surface area contributed by atoms with E-state index in [0.717, 1.165) is 5.69 Å². The molecule has 0 atom stereocenters. The Morgan fingerprint density at radius 1 is 1.14 bits per heavy atom. The lowest BCUT2D eigenvalue weighted by Gasteiger charge is -2.05. The number of nitrogens with one attached hydrogen (secondary N) is 1. The minimum Gasteiger partial charge on any atom is -0.321 e. The van der Waals surface area contributed by atoms with Crippen molar-refractivity contribution in [3.8, 4) is 5.69 Å². The fraction of sp³-hybridized carbons (Fsp3) is 0.100. The molecule has 1 aliphatic rings. The lowest BCUT2D eigenvalue weighted by Crippen LogP contribution is -2.12. The van der Waals surface area contributed by atoms with Gasteiger partial charge in [-0.15, -0.1) is 0 Å². The van der Waals surface area contributed by atoms with Crippen LogP contribution in [0.3, 0.4) is 0 Å². The second kappa shape index (κ2) is 6.64. The molecular weight excluding hydrogens is 395 g/mol. The Morgan fingerprint density at radius 2 is 1.83 bits per heavy atom. The van der Waals surface area contributed by atoms with Crippen molar-refractivity contribution in [2.75, 3.05) is 5.32 Å². The summed E-state index contributed by atoms with van der Waals surface area (Å²) >= 11 is 0. The lowest BCUT2D eigenvalue weighted by atomic mass is 10.0. The van der Waals surface area contributed by atoms with E-state index in [9.17, 15) is 17.6 Å². The van der Waals surface area contributed by atoms with Crippen LogP contribution in [0.4, 0.5) is 10.1 Å². The molecule has 0 unspecified atom stereocenters. The Labute approximate surface area is 166 Å². The zero-order valence-electron chi connectivity index (χ0n) is 15.6. The molecule has 7 nitrogen and oxygen atoms in total. The summed E-state index contributed by atoms with van der Waals surface area (Å²) in [6.07, 6.45) is 1.67. The second-order valence-corrected chi connectivity index (χ2v) is 8.30. The van der Waals surface area contributed by atoms with E-state index < -0.39 is 10.0 Å². The number of benzene rings is 2. The summed E-state index contributed by atoms with van der Waals surface area (Å²) in [6.45, 7) is 3.64. The summed E-state index contributed by atoms with van der Waals surface area (Å²) in [5.41, 5.74) is 4.10. The summed E-state index contributed by atoms with van der Waals surface area (Å²) in [4.78, 5) is 12.4. The van der Waals surface area contributed by atoms with Crippen LogP contribution in [0.2, 0.25) is 0 Å². The van der Waals surface area contributed by atoms with E-state index in [1.807, 2.05) is 6.92 Å². The number of hydrogen-bond acceptors (Lipinski definition) is 4. The molecule has 1 aliphatic heterocycles. The first-order valence-corrected chi connectivity index (χ1v) is 10.2. The smallest absolute Gasteiger partial charge is 0.256 e. The van der Waals surface area contributed by atoms with E-state index in [1.54, 1.807) is 29.8 Å². The van der Waals surface area contributed by atoms with Crippen molar-refractivity contribution in [1.29, 1.82) is 0 Å². The van der Waals surface area contributed by atoms with Crippen molar-refractivity contribution in [3.05, 3.63) is 70.8 Å². The van der Waals surface area contributed by atoms with Crippen molar-refractivity contribution >= 4 is 33.3 Å². The van der Waals surface area contributed by atoms with Crippen molar-refractivity contribution in [2.24, 2.45) is 5.14 Å². The Balaban J connectivity index is 1.84. The lowest BCUT2D eigenvalue weighted by molar-refractivity contribution is -0.110. The molecule has 0 fully saturated rings. The molecule has 148 valence electrons. The monoisotopic (exact) mass is 412 g/mol. The van der Waals surface area contributed by atoms with Gasteiger partial charge in [0, 0.05) is 28.1 Å². The van der Waals surface area contributed by atoms with Crippen molar-refractivity contribution in [3.63, 3.8) is 0 Å². The number of carbonyl (C=O) groups is 1. The molecular formula is C20H17FN4O3S. The number of amides is 1. The van der Waals surface area contributed by atoms with Crippen LogP contribution in [-0.2, 0) is 14.8 Å². The average Bonchev–Trinajstić information content (AvgIpc) is 3.12. The van der Waals surface area contributed by atoms with Crippen molar-refractivity contribution in [2.45, 2.75) is 18.7 Å². The van der Waals surface area contributed by atoms with Crippen LogP contribution in [0, 0.1) is 19.7 Å². The highest BCUT2D eigenvalue weighted by Gasteiger charge is 2.27. The Hall–Kier alpha value is -3.30. The van der Waals surface area contributed by atoms with E-state index in [-0.39, 0.29) is 16.6 Å². The molecule has 29 heavy (non-hydrogen) atoms. The number of halogens is 1. The van der Waals surface area contributed by atoms with Gasteiger partial charge in [-0.05, 0) is 62.4 Å². The molecule has 3 N–H and O–H groups in total. The standard InChI is InChI=1S/C20H17FN4O3S/c1-11-16(12(2)25(24-11)14-5-3-13(21)4-6-14)10-18-17-9-15(29(22,27)28)7-8-19(17)23-20(18)26/h3-10H,1-2H3,(H,23,26)(H2,22,27,28)/b18-10-. The number of carbonyl (C=O) groups excluding carboxylic acids is 1. The largest absolute Gasteiger partial charge is 0.321 e. The number of aryl methyl sites for hydroxylation is 1. The van der Waals surface area contributed by atoms with E-state index >= 15 is 0 Å². The minimum absolute atomic E-state index is 0.0749. The molecule has 0 bridgehead atoms. The number of nitrogens with zero attached hydrogens (tertiary/aromatic N) is 2. The number of aromatic nitrogens is 2. The molecule has 0 saturated carbocycles. The molecule has 1 aromatic heterocycles. The van der Waals surface area contributed by atoms with Gasteiger partial charge >= 0.3 is 0 Å². The van der Waals surface area contributed by atoms with E-state index in [4.69, 9.17) is 5.14 Å². The van der Waals surface area contributed by atoms with Crippen LogP contribution in [-0.4, -0.2) is 24.1 Å². The highest BCUT2D eigenvalue weighted by Crippen LogP contribution is 2.35. The van der Waals surface area contributed by atoms with Gasteiger partial charge in [-0.1, -0.05) is 0 Å². The molecule has 4 rings (SSSR count). The summed E-state index contributed by atoms with van der Waals surface area (Å²) in [6, 6.07) is 10.2. The molecule has 0 spiro atoms. The predicted octanol–water partition coefficient (Wildman–Crippen LogP) is 2.77. The fourth-order valence-electron chi connectivity index (χ4n) is 3.33. The molecule has 9 heteroatoms. The highest BCUT2D eigenvalue weighted by molar-refractivity contribution is 7.89. The van der Waals surface area contributed by atoms with Gasteiger partial charge in [0.25, 0.3) is 5.91 Å². The van der Waals surface area contributed by atoms with Gasteiger partial charge in [0.05, 0.1) is 16.3 Å². The summed E-state index contributed by atoms with van der Waals surface area (Å²) < 4.78 is 38.3. The number of rotatable bonds is 3.